The summed E-state index contributed by atoms with van der Waals surface area (Å²) in [6.07, 6.45) is 12.1. The minimum Gasteiger partial charge on any atom is -0.446 e. The van der Waals surface area contributed by atoms with Gasteiger partial charge in [0.25, 0.3) is 5.91 Å². The molecular weight excluding hydrogens is 1240 g/mol. The first-order valence-corrected chi connectivity index (χ1v) is 36.2. The number of aliphatic hydroxyl groups is 4. The van der Waals surface area contributed by atoms with Gasteiger partial charge in [-0.2, -0.15) is 0 Å². The zero-order valence-corrected chi connectivity index (χ0v) is 59.2. The highest BCUT2D eigenvalue weighted by molar-refractivity contribution is 5.82. The van der Waals surface area contributed by atoms with E-state index < -0.39 is 85.8 Å². The Hall–Kier alpha value is -4.61. The van der Waals surface area contributed by atoms with Crippen LogP contribution in [0.2, 0.25) is 0 Å². The lowest BCUT2D eigenvalue weighted by atomic mass is 9.47. The van der Waals surface area contributed by atoms with E-state index in [1.807, 2.05) is 6.92 Å². The fourth-order valence-corrected chi connectivity index (χ4v) is 15.2. The number of alkyl carbamates (subject to hydrolysis) is 1. The second kappa shape index (κ2) is 43.1. The molecule has 15 atom stereocenters. The van der Waals surface area contributed by atoms with Crippen LogP contribution in [0.5, 0.6) is 0 Å². The van der Waals surface area contributed by atoms with Crippen molar-refractivity contribution < 1.29 is 91.9 Å². The lowest BCUT2D eigenvalue weighted by molar-refractivity contribution is -0.273. The zero-order chi connectivity index (χ0) is 70.1. The lowest BCUT2D eigenvalue weighted by Gasteiger charge is -2.58. The molecule has 0 heterocycles. The number of unbranched alkanes of at least 4 members (excludes halogenated alkanes) is 1. The number of hydrogen-bond acceptors (Lipinski definition) is 19. The number of ether oxygens (including phenoxy) is 8. The van der Waals surface area contributed by atoms with Crippen LogP contribution in [0.25, 0.3) is 0 Å². The minimum absolute atomic E-state index is 0.0301. The van der Waals surface area contributed by atoms with Crippen molar-refractivity contribution in [1.82, 2.24) is 37.4 Å². The molecule has 0 aliphatic heterocycles. The Balaban J connectivity index is 0.895. The van der Waals surface area contributed by atoms with Crippen LogP contribution in [0.1, 0.15) is 197 Å². The summed E-state index contributed by atoms with van der Waals surface area (Å²) in [5.74, 6) is -0.854. The minimum atomic E-state index is -2.11. The second-order valence-electron chi connectivity index (χ2n) is 28.2. The molecule has 552 valence electrons. The molecule has 0 aromatic rings. The quantitative estimate of drug-likeness (QED) is 0.0159. The summed E-state index contributed by atoms with van der Waals surface area (Å²) in [6, 6.07) is 0. The van der Waals surface area contributed by atoms with Crippen molar-refractivity contribution in [2.45, 2.75) is 239 Å². The van der Waals surface area contributed by atoms with Gasteiger partial charge in [-0.15, -0.1) is 0 Å². The molecule has 5 aliphatic carbocycles. The fourth-order valence-electron chi connectivity index (χ4n) is 15.2. The Labute approximate surface area is 570 Å². The summed E-state index contributed by atoms with van der Waals surface area (Å²) in [7, 11) is 0. The van der Waals surface area contributed by atoms with Crippen LogP contribution in [0, 0.1) is 52.3 Å². The molecular formula is C70H123N7O19. The molecule has 5 rings (SSSR count). The summed E-state index contributed by atoms with van der Waals surface area (Å²) < 4.78 is 46.1. The molecule has 4 fully saturated rings. The van der Waals surface area contributed by atoms with Gasteiger partial charge in [0, 0.05) is 77.4 Å². The summed E-state index contributed by atoms with van der Waals surface area (Å²) in [6.45, 7) is 19.5. The van der Waals surface area contributed by atoms with Gasteiger partial charge in [0.1, 0.15) is 25.4 Å². The molecule has 0 spiro atoms. The number of hydrazine groups is 1. The van der Waals surface area contributed by atoms with Crippen LogP contribution in [-0.2, 0) is 66.7 Å². The predicted molar refractivity (Wildman–Crippen MR) is 358 cm³/mol. The van der Waals surface area contributed by atoms with Gasteiger partial charge in [0.2, 0.25) is 35.4 Å². The van der Waals surface area contributed by atoms with E-state index in [0.717, 1.165) is 61.2 Å². The van der Waals surface area contributed by atoms with Crippen molar-refractivity contribution in [3.63, 3.8) is 0 Å². The van der Waals surface area contributed by atoms with E-state index in [1.165, 1.54) is 63.9 Å². The van der Waals surface area contributed by atoms with Gasteiger partial charge in [-0.05, 0) is 144 Å². The molecule has 5 aliphatic rings. The standard InChI is InChI=1S/C70H123N7O19/c1-9-31-72-59(80)27-36-92-46-70(95-45-63(84)71-10-2,94-37-28-62(83)77-76-61(82)20-14-35-93-57-44-53(65(57)86)66(87)64(85)49(6)78)75-60(81)19-12-11-18-58(79)73-33-38-90-40-42-91-41-39-89-34-15-32-74-67(88)96-51-25-29-68(7)50(43-51)21-22-52-55-24-23-54(48(5)17-13-16-47(3)4)69(55,8)30-26-56(52)68/h21,47-49,51-57,64-66,78,85-87H,9-20,22-46H2,1-8H3,(H,71,84)(H,72,80)(H,73,79)(H,74,88)(H,75,81)(H,76,82)(H,77,83). The van der Waals surface area contributed by atoms with Crippen LogP contribution in [-0.4, -0.2) is 203 Å². The van der Waals surface area contributed by atoms with E-state index in [2.05, 4.69) is 78.1 Å². The molecule has 0 radical (unpaired) electrons. The summed E-state index contributed by atoms with van der Waals surface area (Å²) in [5, 5.41) is 53.7. The highest BCUT2D eigenvalue weighted by Crippen LogP contribution is 2.67. The number of fused-ring (bicyclic) bond motifs is 5. The van der Waals surface area contributed by atoms with Crippen molar-refractivity contribution in [2.24, 2.45) is 52.3 Å². The molecule has 7 amide bonds. The van der Waals surface area contributed by atoms with Crippen LogP contribution >= 0.6 is 0 Å². The van der Waals surface area contributed by atoms with Gasteiger partial charge >= 0.3 is 6.09 Å². The normalized spacial score (nSPS) is 26.2. The van der Waals surface area contributed by atoms with E-state index in [0.29, 0.717) is 64.4 Å². The van der Waals surface area contributed by atoms with Crippen molar-refractivity contribution in [3.05, 3.63) is 11.6 Å². The highest BCUT2D eigenvalue weighted by atomic mass is 16.7. The lowest BCUT2D eigenvalue weighted by Crippen LogP contribution is -2.57. The second-order valence-corrected chi connectivity index (χ2v) is 28.2. The molecule has 26 heteroatoms. The Bertz CT molecular complexity index is 2390. The van der Waals surface area contributed by atoms with Gasteiger partial charge < -0.3 is 84.9 Å². The van der Waals surface area contributed by atoms with E-state index in [-0.39, 0.29) is 114 Å². The average molecular weight is 1370 g/mol. The van der Waals surface area contributed by atoms with Gasteiger partial charge in [-0.1, -0.05) is 72.5 Å². The van der Waals surface area contributed by atoms with Crippen molar-refractivity contribution >= 4 is 41.5 Å². The van der Waals surface area contributed by atoms with Gasteiger partial charge in [0.05, 0.1) is 77.1 Å². The van der Waals surface area contributed by atoms with Crippen LogP contribution < -0.4 is 37.4 Å². The van der Waals surface area contributed by atoms with E-state index in [9.17, 15) is 54.0 Å². The molecule has 15 unspecified atom stereocenters. The molecule has 0 saturated heterocycles. The molecule has 11 N–H and O–H groups in total. The van der Waals surface area contributed by atoms with Crippen molar-refractivity contribution in [2.75, 3.05) is 98.9 Å². The predicted octanol–water partition coefficient (Wildman–Crippen LogP) is 5.30. The summed E-state index contributed by atoms with van der Waals surface area (Å²) in [4.78, 5) is 89.1. The van der Waals surface area contributed by atoms with E-state index in [1.54, 1.807) is 6.92 Å². The Morgan fingerprint density at radius 3 is 1.99 bits per heavy atom. The molecule has 0 aromatic heterocycles. The Morgan fingerprint density at radius 2 is 1.29 bits per heavy atom. The first-order chi connectivity index (χ1) is 45.9. The van der Waals surface area contributed by atoms with E-state index in [4.69, 9.17) is 37.9 Å². The SMILES string of the molecule is CCCNC(=O)CCOCC(NC(=O)CCCCC(=O)NCCOCCOCCOCCCNC(=O)OC1CCC2(C)C(=CCC3C2CCC2(C)C(C(C)CCCC(C)C)CCC32)C1)(OCCC(=O)NNC(=O)CCCOC1CC(C(O)C(O)C(C)O)C1O)OCC(=O)NCC. The van der Waals surface area contributed by atoms with Crippen molar-refractivity contribution in [3.8, 4) is 0 Å². The van der Waals surface area contributed by atoms with Crippen LogP contribution in [0.15, 0.2) is 11.6 Å². The van der Waals surface area contributed by atoms with Gasteiger partial charge in [0.15, 0.2) is 0 Å². The topological polar surface area (TPSA) is 358 Å². The zero-order valence-electron chi connectivity index (χ0n) is 59.2. The third kappa shape index (κ3) is 27.1. The van der Waals surface area contributed by atoms with Gasteiger partial charge in [-0.3, -0.25) is 39.6 Å². The monoisotopic (exact) mass is 1370 g/mol. The Kier molecular flexibility index (Phi) is 36.9. The first-order valence-electron chi connectivity index (χ1n) is 36.2. The third-order valence-electron chi connectivity index (χ3n) is 20.6. The number of aliphatic hydroxyl groups excluding tert-OH is 4. The number of carbonyl (C=O) groups is 7. The number of amides is 7. The fraction of sp³-hybridized carbons (Fsp3) is 0.871. The van der Waals surface area contributed by atoms with E-state index >= 15 is 0 Å². The number of allylic oxidation sites excluding steroid dienone is 1. The van der Waals surface area contributed by atoms with Crippen molar-refractivity contribution in [1.29, 1.82) is 0 Å². The maximum absolute atomic E-state index is 13.5. The largest absolute Gasteiger partial charge is 0.446 e. The van der Waals surface area contributed by atoms with Gasteiger partial charge in [-0.25, -0.2) is 4.79 Å². The number of rotatable bonds is 48. The maximum Gasteiger partial charge on any atom is 0.407 e. The summed E-state index contributed by atoms with van der Waals surface area (Å²) in [5.41, 5.74) is 6.77. The number of carbonyl (C=O) groups excluding carboxylic acids is 7. The highest BCUT2D eigenvalue weighted by Gasteiger charge is 2.59. The smallest absolute Gasteiger partial charge is 0.407 e. The number of hydrogen-bond donors (Lipinski definition) is 11. The number of likely N-dealkylation sites (N-methyl/N-ethyl adjacent to an activating group) is 1. The van der Waals surface area contributed by atoms with Crippen LogP contribution in [0.3, 0.4) is 0 Å². The van der Waals surface area contributed by atoms with Crippen LogP contribution in [0.4, 0.5) is 4.79 Å². The molecule has 0 aromatic carbocycles. The summed E-state index contributed by atoms with van der Waals surface area (Å²) >= 11 is 0. The third-order valence-corrected chi connectivity index (χ3v) is 20.6. The molecule has 0 bridgehead atoms. The first kappa shape index (κ1) is 82.1. The molecule has 96 heavy (non-hydrogen) atoms. The Morgan fingerprint density at radius 1 is 0.625 bits per heavy atom. The number of nitrogens with one attached hydrogen (secondary N) is 7. The maximum atomic E-state index is 13.5. The average Bonchev–Trinajstić information content (AvgIpc) is 1.37. The molecule has 26 nitrogen and oxygen atoms in total. The molecule has 4 saturated carbocycles.